The number of nitrogens with one attached hydrogen (secondary N) is 3. The van der Waals surface area contributed by atoms with Gasteiger partial charge < -0.3 is 16.0 Å². The first kappa shape index (κ1) is 32.0. The van der Waals surface area contributed by atoms with E-state index in [1.165, 1.54) is 36.0 Å². The summed E-state index contributed by atoms with van der Waals surface area (Å²) in [6.07, 6.45) is 1.81. The van der Waals surface area contributed by atoms with Crippen molar-refractivity contribution in [2.75, 3.05) is 10.6 Å². The Labute approximate surface area is 263 Å². The second-order valence-electron chi connectivity index (χ2n) is 9.59. The van der Waals surface area contributed by atoms with Crippen LogP contribution >= 0.6 is 23.4 Å². The normalized spacial score (nSPS) is 11.8. The highest BCUT2D eigenvalue weighted by Gasteiger charge is 2.21. The first-order valence-corrected chi connectivity index (χ1v) is 14.9. The molecule has 44 heavy (non-hydrogen) atoms. The third-order valence-corrected chi connectivity index (χ3v) is 8.29. The molecule has 0 aliphatic heterocycles. The highest BCUT2D eigenvalue weighted by Crippen LogP contribution is 2.30. The van der Waals surface area contributed by atoms with Crippen LogP contribution in [0.3, 0.4) is 0 Å². The molecule has 0 saturated heterocycles. The molecule has 0 saturated carbocycles. The number of benzene rings is 4. The number of anilines is 2. The zero-order valence-electron chi connectivity index (χ0n) is 23.9. The fraction of sp³-hybridized carbons (Fsp3) is 0.121. The van der Waals surface area contributed by atoms with Crippen LogP contribution in [0.1, 0.15) is 34.8 Å². The number of halogens is 1. The fourth-order valence-electron chi connectivity index (χ4n) is 4.16. The van der Waals surface area contributed by atoms with Crippen LogP contribution in [0.4, 0.5) is 17.1 Å². The number of nitro benzene ring substituents is 1. The molecule has 0 heterocycles. The first-order chi connectivity index (χ1) is 21.2. The van der Waals surface area contributed by atoms with Gasteiger partial charge in [0.1, 0.15) is 5.70 Å². The van der Waals surface area contributed by atoms with Crippen molar-refractivity contribution < 1.29 is 19.3 Å². The number of para-hydroxylation sites is 1. The van der Waals surface area contributed by atoms with E-state index in [1.807, 2.05) is 19.9 Å². The van der Waals surface area contributed by atoms with Crippen LogP contribution in [0.15, 0.2) is 108 Å². The number of hydrogen-bond acceptors (Lipinski definition) is 6. The predicted molar refractivity (Wildman–Crippen MR) is 175 cm³/mol. The average Bonchev–Trinajstić information content (AvgIpc) is 3.02. The third-order valence-electron chi connectivity index (χ3n) is 6.52. The largest absolute Gasteiger partial charge is 0.325 e. The van der Waals surface area contributed by atoms with Crippen molar-refractivity contribution in [2.45, 2.75) is 30.4 Å². The summed E-state index contributed by atoms with van der Waals surface area (Å²) in [4.78, 5) is 51.3. The summed E-state index contributed by atoms with van der Waals surface area (Å²) in [7, 11) is 0. The second-order valence-corrected chi connectivity index (χ2v) is 11.3. The zero-order valence-corrected chi connectivity index (χ0v) is 25.4. The molecule has 0 spiro atoms. The number of amides is 3. The molecular formula is C33H29ClN4O5S. The lowest BCUT2D eigenvalue weighted by atomic mass is 10.1. The standard InChI is InChI=1S/C33H29ClN4O5S/c1-3-30(33(41)36-27-17-10-16-26(34)21(27)2)44-25-15-9-14-24(20-25)35-32(40)28(37-31(39)22-11-5-4-6-12-22)19-23-13-7-8-18-29(23)38(42)43/h4-20,30H,3H2,1-2H3,(H,35,40)(H,36,41)(H,37,39)/b28-19+. The Balaban J connectivity index is 1.55. The third kappa shape index (κ3) is 8.33. The maximum Gasteiger partial charge on any atom is 0.276 e. The number of carbonyl (C=O) groups is 3. The van der Waals surface area contributed by atoms with Gasteiger partial charge >= 0.3 is 0 Å². The van der Waals surface area contributed by atoms with Crippen LogP contribution in [-0.4, -0.2) is 27.9 Å². The summed E-state index contributed by atoms with van der Waals surface area (Å²) < 4.78 is 0. The molecule has 3 N–H and O–H groups in total. The second kappa shape index (κ2) is 15.0. The van der Waals surface area contributed by atoms with Crippen molar-refractivity contribution in [3.63, 3.8) is 0 Å². The highest BCUT2D eigenvalue weighted by molar-refractivity contribution is 8.00. The molecule has 1 unspecified atom stereocenters. The molecule has 0 fully saturated rings. The number of thioether (sulfide) groups is 1. The molecule has 0 radical (unpaired) electrons. The Kier molecular flexibility index (Phi) is 10.9. The number of nitrogens with zero attached hydrogens (tertiary/aromatic N) is 1. The number of nitro groups is 1. The predicted octanol–water partition coefficient (Wildman–Crippen LogP) is 7.48. The van der Waals surface area contributed by atoms with E-state index in [0.29, 0.717) is 28.4 Å². The molecule has 1 atom stereocenters. The van der Waals surface area contributed by atoms with Gasteiger partial charge in [0.2, 0.25) is 5.91 Å². The SMILES string of the molecule is CCC(Sc1cccc(NC(=O)/C(=C\c2ccccc2[N+](=O)[O-])NC(=O)c2ccccc2)c1)C(=O)Nc1cccc(Cl)c1C. The van der Waals surface area contributed by atoms with Crippen molar-refractivity contribution in [1.29, 1.82) is 0 Å². The van der Waals surface area contributed by atoms with Crippen molar-refractivity contribution in [2.24, 2.45) is 0 Å². The van der Waals surface area contributed by atoms with Gasteiger partial charge in [0.05, 0.1) is 15.7 Å². The molecule has 9 nitrogen and oxygen atoms in total. The summed E-state index contributed by atoms with van der Waals surface area (Å²) in [5.41, 5.74) is 1.87. The first-order valence-electron chi connectivity index (χ1n) is 13.6. The Morgan fingerprint density at radius 2 is 1.64 bits per heavy atom. The monoisotopic (exact) mass is 628 g/mol. The van der Waals surface area contributed by atoms with Gasteiger partial charge in [0.15, 0.2) is 0 Å². The van der Waals surface area contributed by atoms with E-state index in [1.54, 1.807) is 72.8 Å². The minimum Gasteiger partial charge on any atom is -0.325 e. The molecule has 4 rings (SSSR count). The van der Waals surface area contributed by atoms with Gasteiger partial charge in [0.25, 0.3) is 17.5 Å². The van der Waals surface area contributed by atoms with Gasteiger partial charge in [-0.1, -0.05) is 61.0 Å². The van der Waals surface area contributed by atoms with Crippen LogP contribution in [-0.2, 0) is 9.59 Å². The van der Waals surface area contributed by atoms with Crippen LogP contribution < -0.4 is 16.0 Å². The molecule has 4 aromatic carbocycles. The Bertz CT molecular complexity index is 1730. The van der Waals surface area contributed by atoms with Crippen LogP contribution in [0.25, 0.3) is 6.08 Å². The Hall–Kier alpha value is -4.93. The Morgan fingerprint density at radius 3 is 2.36 bits per heavy atom. The van der Waals surface area contributed by atoms with Crippen LogP contribution in [0, 0.1) is 17.0 Å². The van der Waals surface area contributed by atoms with Crippen molar-refractivity contribution in [3.8, 4) is 0 Å². The van der Waals surface area contributed by atoms with E-state index in [0.717, 1.165) is 10.5 Å². The molecule has 0 aromatic heterocycles. The zero-order chi connectivity index (χ0) is 31.6. The maximum atomic E-state index is 13.5. The summed E-state index contributed by atoms with van der Waals surface area (Å²) in [5.74, 6) is -1.42. The van der Waals surface area contributed by atoms with Gasteiger partial charge in [-0.3, -0.25) is 24.5 Å². The fourth-order valence-corrected chi connectivity index (χ4v) is 5.35. The number of carbonyl (C=O) groups excluding carboxylic acids is 3. The minimum absolute atomic E-state index is 0.145. The molecule has 11 heteroatoms. The smallest absolute Gasteiger partial charge is 0.276 e. The lowest BCUT2D eigenvalue weighted by Crippen LogP contribution is -2.30. The van der Waals surface area contributed by atoms with E-state index in [4.69, 9.17) is 11.6 Å². The van der Waals surface area contributed by atoms with E-state index < -0.39 is 22.0 Å². The number of rotatable bonds is 11. The average molecular weight is 629 g/mol. The van der Waals surface area contributed by atoms with Crippen molar-refractivity contribution in [3.05, 3.63) is 135 Å². The molecule has 3 amide bonds. The topological polar surface area (TPSA) is 130 Å². The van der Waals surface area contributed by atoms with E-state index in [2.05, 4.69) is 16.0 Å². The summed E-state index contributed by atoms with van der Waals surface area (Å²) in [6, 6.07) is 26.5. The minimum atomic E-state index is -0.684. The van der Waals surface area contributed by atoms with Crippen LogP contribution in [0.2, 0.25) is 5.02 Å². The van der Waals surface area contributed by atoms with Gasteiger partial charge in [0, 0.05) is 32.9 Å². The van der Waals surface area contributed by atoms with Crippen molar-refractivity contribution >= 4 is 64.2 Å². The summed E-state index contributed by atoms with van der Waals surface area (Å²) in [5, 5.41) is 20.0. The van der Waals surface area contributed by atoms with Gasteiger partial charge in [-0.2, -0.15) is 0 Å². The van der Waals surface area contributed by atoms with Gasteiger partial charge in [-0.25, -0.2) is 0 Å². The van der Waals surface area contributed by atoms with E-state index >= 15 is 0 Å². The maximum absolute atomic E-state index is 13.5. The van der Waals surface area contributed by atoms with Gasteiger partial charge in [-0.05, 0) is 73.5 Å². The molecule has 224 valence electrons. The van der Waals surface area contributed by atoms with E-state index in [-0.39, 0.29) is 22.9 Å². The Morgan fingerprint density at radius 1 is 0.932 bits per heavy atom. The lowest BCUT2D eigenvalue weighted by molar-refractivity contribution is -0.385. The van der Waals surface area contributed by atoms with E-state index in [9.17, 15) is 24.5 Å². The highest BCUT2D eigenvalue weighted by atomic mass is 35.5. The van der Waals surface area contributed by atoms with Crippen LogP contribution in [0.5, 0.6) is 0 Å². The van der Waals surface area contributed by atoms with Crippen molar-refractivity contribution in [1.82, 2.24) is 5.32 Å². The molecule has 0 aliphatic carbocycles. The quantitative estimate of drug-likeness (QED) is 0.0683. The lowest BCUT2D eigenvalue weighted by Gasteiger charge is -2.17. The molecular weight excluding hydrogens is 600 g/mol. The van der Waals surface area contributed by atoms with Gasteiger partial charge in [-0.15, -0.1) is 11.8 Å². The molecule has 0 aliphatic rings. The molecule has 0 bridgehead atoms. The summed E-state index contributed by atoms with van der Waals surface area (Å²) in [6.45, 7) is 3.74. The molecule has 4 aromatic rings. The summed E-state index contributed by atoms with van der Waals surface area (Å²) >= 11 is 7.54. The number of hydrogen-bond donors (Lipinski definition) is 3.